The highest BCUT2D eigenvalue weighted by Crippen LogP contribution is 2.22. The molecule has 0 amide bonds. The molecule has 1 aromatic carbocycles. The number of hydrogen-bond acceptors (Lipinski definition) is 1. The van der Waals surface area contributed by atoms with Crippen molar-refractivity contribution in [2.24, 2.45) is 0 Å². The highest BCUT2D eigenvalue weighted by atomic mass is 28.3. The lowest BCUT2D eigenvalue weighted by Gasteiger charge is -2.35. The highest BCUT2D eigenvalue weighted by molar-refractivity contribution is 6.90. The zero-order valence-electron chi connectivity index (χ0n) is 10.6. The lowest BCUT2D eigenvalue weighted by atomic mass is 10.2. The topological polar surface area (TPSA) is 9.23 Å². The maximum absolute atomic E-state index is 5.99. The van der Waals surface area contributed by atoms with Gasteiger partial charge in [-0.2, -0.15) is 0 Å². The third-order valence-corrected chi connectivity index (χ3v) is 7.67. The van der Waals surface area contributed by atoms with E-state index in [1.165, 1.54) is 30.0 Å². The molecule has 1 aliphatic rings. The van der Waals surface area contributed by atoms with Crippen LogP contribution < -0.4 is 5.19 Å². The second-order valence-electron chi connectivity index (χ2n) is 5.44. The van der Waals surface area contributed by atoms with Gasteiger partial charge in [0.05, 0.1) is 5.73 Å². The molecular weight excluding hydrogens is 212 g/mol. The van der Waals surface area contributed by atoms with E-state index in [2.05, 4.69) is 44.3 Å². The van der Waals surface area contributed by atoms with Crippen molar-refractivity contribution < 1.29 is 4.74 Å². The zero-order valence-corrected chi connectivity index (χ0v) is 11.6. The van der Waals surface area contributed by atoms with Gasteiger partial charge in [-0.05, 0) is 26.2 Å². The summed E-state index contributed by atoms with van der Waals surface area (Å²) in [5, 5.41) is 1.53. The molecule has 2 rings (SSSR count). The Labute approximate surface area is 99.8 Å². The maximum Gasteiger partial charge on any atom is 0.113 e. The lowest BCUT2D eigenvalue weighted by Crippen LogP contribution is -2.54. The normalized spacial score (nSPS) is 22.1. The standard InChI is InChI=1S/C14H22OSi/c1-12-7-9-13(10-8-12)16(2,3)14-6-4-5-11-15-14/h7-10,14H,4-6,11H2,1-3H3. The summed E-state index contributed by atoms with van der Waals surface area (Å²) < 4.78 is 5.99. The quantitative estimate of drug-likeness (QED) is 0.715. The molecule has 88 valence electrons. The minimum absolute atomic E-state index is 0.518. The first kappa shape index (κ1) is 11.9. The van der Waals surface area contributed by atoms with Gasteiger partial charge in [-0.1, -0.05) is 48.1 Å². The molecule has 0 bridgehead atoms. The smallest absolute Gasteiger partial charge is 0.113 e. The summed E-state index contributed by atoms with van der Waals surface area (Å²) in [6, 6.07) is 9.07. The molecule has 1 heterocycles. The predicted octanol–water partition coefficient (Wildman–Crippen LogP) is 3.02. The minimum atomic E-state index is -1.42. The van der Waals surface area contributed by atoms with Gasteiger partial charge in [0.2, 0.25) is 0 Å². The summed E-state index contributed by atoms with van der Waals surface area (Å²) in [5.74, 6) is 0. The van der Waals surface area contributed by atoms with Gasteiger partial charge in [0.1, 0.15) is 8.07 Å². The van der Waals surface area contributed by atoms with E-state index in [4.69, 9.17) is 4.74 Å². The van der Waals surface area contributed by atoms with Gasteiger partial charge in [0.25, 0.3) is 0 Å². The first-order valence-corrected chi connectivity index (χ1v) is 9.37. The summed E-state index contributed by atoms with van der Waals surface area (Å²) in [6.45, 7) is 7.99. The van der Waals surface area contributed by atoms with Crippen molar-refractivity contribution in [3.05, 3.63) is 29.8 Å². The zero-order chi connectivity index (χ0) is 11.6. The number of hydrogen-bond donors (Lipinski definition) is 0. The van der Waals surface area contributed by atoms with Gasteiger partial charge in [0.15, 0.2) is 0 Å². The monoisotopic (exact) mass is 234 g/mol. The molecule has 1 fully saturated rings. The molecule has 1 unspecified atom stereocenters. The molecule has 1 atom stereocenters. The van der Waals surface area contributed by atoms with Crippen LogP contribution in [0, 0.1) is 6.92 Å². The maximum atomic E-state index is 5.99. The van der Waals surface area contributed by atoms with Crippen LogP contribution >= 0.6 is 0 Å². The predicted molar refractivity (Wildman–Crippen MR) is 71.9 cm³/mol. The van der Waals surface area contributed by atoms with Gasteiger partial charge in [-0.15, -0.1) is 0 Å². The summed E-state index contributed by atoms with van der Waals surface area (Å²) in [6.07, 6.45) is 3.84. The molecule has 1 aliphatic heterocycles. The average Bonchev–Trinajstić information content (AvgIpc) is 2.31. The Morgan fingerprint density at radius 3 is 2.38 bits per heavy atom. The van der Waals surface area contributed by atoms with Crippen LogP contribution in [0.15, 0.2) is 24.3 Å². The Bertz CT molecular complexity index is 336. The number of rotatable bonds is 2. The molecule has 0 aliphatic carbocycles. The van der Waals surface area contributed by atoms with Crippen molar-refractivity contribution in [1.82, 2.24) is 0 Å². The van der Waals surface area contributed by atoms with Gasteiger partial charge < -0.3 is 4.74 Å². The molecule has 0 radical (unpaired) electrons. The first-order valence-electron chi connectivity index (χ1n) is 6.29. The third-order valence-electron chi connectivity index (χ3n) is 3.78. The number of aryl methyl sites for hydroxylation is 1. The fraction of sp³-hybridized carbons (Fsp3) is 0.571. The Balaban J connectivity index is 2.19. The summed E-state index contributed by atoms with van der Waals surface area (Å²) in [7, 11) is -1.42. The van der Waals surface area contributed by atoms with Crippen LogP contribution in [0.5, 0.6) is 0 Å². The Hall–Kier alpha value is -0.603. The molecule has 0 saturated carbocycles. The number of benzene rings is 1. The molecule has 2 heteroatoms. The molecule has 1 saturated heterocycles. The first-order chi connectivity index (χ1) is 7.60. The van der Waals surface area contributed by atoms with Gasteiger partial charge in [-0.3, -0.25) is 0 Å². The average molecular weight is 234 g/mol. The molecular formula is C14H22OSi. The van der Waals surface area contributed by atoms with E-state index in [0.29, 0.717) is 5.73 Å². The van der Waals surface area contributed by atoms with E-state index in [-0.39, 0.29) is 0 Å². The van der Waals surface area contributed by atoms with E-state index in [1.807, 2.05) is 0 Å². The van der Waals surface area contributed by atoms with Crippen molar-refractivity contribution in [2.75, 3.05) is 6.61 Å². The van der Waals surface area contributed by atoms with E-state index in [0.717, 1.165) is 6.61 Å². The van der Waals surface area contributed by atoms with Crippen LogP contribution in [0.25, 0.3) is 0 Å². The summed E-state index contributed by atoms with van der Waals surface area (Å²) in [5.41, 5.74) is 1.86. The van der Waals surface area contributed by atoms with E-state index < -0.39 is 8.07 Å². The minimum Gasteiger partial charge on any atom is -0.381 e. The molecule has 1 nitrogen and oxygen atoms in total. The van der Waals surface area contributed by atoms with Crippen molar-refractivity contribution in [3.63, 3.8) is 0 Å². The van der Waals surface area contributed by atoms with Crippen molar-refractivity contribution >= 4 is 13.3 Å². The molecule has 0 spiro atoms. The van der Waals surface area contributed by atoms with Crippen LogP contribution in [-0.4, -0.2) is 20.4 Å². The van der Waals surface area contributed by atoms with Gasteiger partial charge >= 0.3 is 0 Å². The Morgan fingerprint density at radius 1 is 1.12 bits per heavy atom. The number of ether oxygens (including phenoxy) is 1. The van der Waals surface area contributed by atoms with Crippen LogP contribution in [0.1, 0.15) is 24.8 Å². The van der Waals surface area contributed by atoms with Crippen LogP contribution in [0.2, 0.25) is 13.1 Å². The summed E-state index contributed by atoms with van der Waals surface area (Å²) >= 11 is 0. The van der Waals surface area contributed by atoms with Crippen molar-refractivity contribution in [3.8, 4) is 0 Å². The molecule has 0 aromatic heterocycles. The Kier molecular flexibility index (Phi) is 3.50. The summed E-state index contributed by atoms with van der Waals surface area (Å²) in [4.78, 5) is 0. The molecule has 1 aromatic rings. The largest absolute Gasteiger partial charge is 0.381 e. The third kappa shape index (κ3) is 2.38. The fourth-order valence-corrected chi connectivity index (χ4v) is 5.34. The van der Waals surface area contributed by atoms with Crippen LogP contribution in [-0.2, 0) is 4.74 Å². The van der Waals surface area contributed by atoms with Crippen molar-refractivity contribution in [2.45, 2.75) is 45.0 Å². The van der Waals surface area contributed by atoms with E-state index >= 15 is 0 Å². The fourth-order valence-electron chi connectivity index (χ4n) is 2.48. The van der Waals surface area contributed by atoms with Crippen LogP contribution in [0.3, 0.4) is 0 Å². The van der Waals surface area contributed by atoms with Gasteiger partial charge in [-0.25, -0.2) is 0 Å². The SMILES string of the molecule is Cc1ccc([Si](C)(C)C2CCCCO2)cc1. The Morgan fingerprint density at radius 2 is 1.81 bits per heavy atom. The molecule has 0 N–H and O–H groups in total. The second kappa shape index (κ2) is 4.72. The van der Waals surface area contributed by atoms with Crippen LogP contribution in [0.4, 0.5) is 0 Å². The lowest BCUT2D eigenvalue weighted by molar-refractivity contribution is 0.0612. The molecule has 16 heavy (non-hydrogen) atoms. The second-order valence-corrected chi connectivity index (χ2v) is 10.1. The van der Waals surface area contributed by atoms with Gasteiger partial charge in [0, 0.05) is 6.61 Å². The van der Waals surface area contributed by atoms with Crippen molar-refractivity contribution in [1.29, 1.82) is 0 Å². The highest BCUT2D eigenvalue weighted by Gasteiger charge is 2.35. The van der Waals surface area contributed by atoms with E-state index in [1.54, 1.807) is 0 Å². The van der Waals surface area contributed by atoms with E-state index in [9.17, 15) is 0 Å².